The van der Waals surface area contributed by atoms with Gasteiger partial charge in [-0.1, -0.05) is 53.9 Å². The van der Waals surface area contributed by atoms with E-state index in [1.807, 2.05) is 13.8 Å². The number of rotatable bonds is 5. The average molecular weight is 461 g/mol. The monoisotopic (exact) mass is 460 g/mol. The SMILES string of the molecule is CC(C)CCC[C@@H](C)[C@H]1CC[C@H]2[C@@H]3CC[C@@]4(O)[C@@H]5OC(C)(C)O[C@@H]5CC[C@]4(C)[C@H]3CC[C@]12C. The van der Waals surface area contributed by atoms with Crippen molar-refractivity contribution in [1.29, 1.82) is 0 Å². The van der Waals surface area contributed by atoms with Crippen molar-refractivity contribution < 1.29 is 14.6 Å². The zero-order chi connectivity index (χ0) is 23.8. The van der Waals surface area contributed by atoms with Gasteiger partial charge in [-0.3, -0.25) is 0 Å². The lowest BCUT2D eigenvalue weighted by atomic mass is 9.42. The topological polar surface area (TPSA) is 38.7 Å². The van der Waals surface area contributed by atoms with Crippen molar-refractivity contribution in [3.05, 3.63) is 0 Å². The van der Waals surface area contributed by atoms with Gasteiger partial charge in [-0.2, -0.15) is 0 Å². The Kier molecular flexibility index (Phi) is 6.11. The Morgan fingerprint density at radius 3 is 2.30 bits per heavy atom. The quantitative estimate of drug-likeness (QED) is 0.466. The van der Waals surface area contributed by atoms with Crippen molar-refractivity contribution in [3.8, 4) is 0 Å². The van der Waals surface area contributed by atoms with Gasteiger partial charge < -0.3 is 14.6 Å². The van der Waals surface area contributed by atoms with E-state index >= 15 is 0 Å². The highest BCUT2D eigenvalue weighted by atomic mass is 16.8. The Morgan fingerprint density at radius 2 is 1.58 bits per heavy atom. The van der Waals surface area contributed by atoms with Crippen LogP contribution in [0, 0.1) is 46.3 Å². The van der Waals surface area contributed by atoms with Crippen LogP contribution in [0.5, 0.6) is 0 Å². The van der Waals surface area contributed by atoms with Gasteiger partial charge >= 0.3 is 0 Å². The van der Waals surface area contributed by atoms with Crippen molar-refractivity contribution >= 4 is 0 Å². The molecule has 4 saturated carbocycles. The lowest BCUT2D eigenvalue weighted by Gasteiger charge is -2.65. The molecule has 0 spiro atoms. The molecule has 5 aliphatic rings. The molecule has 190 valence electrons. The maximum atomic E-state index is 12.3. The summed E-state index contributed by atoms with van der Waals surface area (Å²) in [6, 6.07) is 0. The standard InChI is InChI=1S/C30H52O3/c1-19(2)9-8-10-20(3)22-11-12-23-21-13-18-30(31)26-25(32-27(4,5)33-26)15-17-29(30,7)24(21)14-16-28(22,23)6/h19-26,31H,8-18H2,1-7H3/t20-,21+,22-,23+,24+,25-,26-,28-,29-,30-/m1/s1. The largest absolute Gasteiger partial charge is 0.386 e. The fourth-order valence-electron chi connectivity index (χ4n) is 10.3. The van der Waals surface area contributed by atoms with E-state index in [0.717, 1.165) is 48.9 Å². The third-order valence-corrected chi connectivity index (χ3v) is 11.9. The van der Waals surface area contributed by atoms with Gasteiger partial charge in [0, 0.05) is 5.41 Å². The first-order chi connectivity index (χ1) is 15.4. The molecule has 33 heavy (non-hydrogen) atoms. The molecule has 0 aromatic carbocycles. The van der Waals surface area contributed by atoms with Crippen LogP contribution >= 0.6 is 0 Å². The van der Waals surface area contributed by atoms with Crippen molar-refractivity contribution in [3.63, 3.8) is 0 Å². The van der Waals surface area contributed by atoms with Crippen molar-refractivity contribution in [2.45, 2.75) is 143 Å². The molecule has 3 heteroatoms. The summed E-state index contributed by atoms with van der Waals surface area (Å²) in [5.74, 6) is 4.29. The molecule has 5 fully saturated rings. The normalized spacial score (nSPS) is 51.5. The summed E-state index contributed by atoms with van der Waals surface area (Å²) in [7, 11) is 0. The summed E-state index contributed by atoms with van der Waals surface area (Å²) in [6.45, 7) is 16.4. The Morgan fingerprint density at radius 1 is 0.818 bits per heavy atom. The van der Waals surface area contributed by atoms with Crippen molar-refractivity contribution in [2.24, 2.45) is 46.3 Å². The molecule has 0 bridgehead atoms. The summed E-state index contributed by atoms with van der Waals surface area (Å²) in [5.41, 5.74) is -0.264. The van der Waals surface area contributed by atoms with Crippen LogP contribution < -0.4 is 0 Å². The van der Waals surface area contributed by atoms with Gasteiger partial charge in [-0.15, -0.1) is 0 Å². The van der Waals surface area contributed by atoms with Crippen LogP contribution in [0.4, 0.5) is 0 Å². The average Bonchev–Trinajstić information content (AvgIpc) is 3.25. The van der Waals surface area contributed by atoms with Crippen molar-refractivity contribution in [2.75, 3.05) is 0 Å². The highest BCUT2D eigenvalue weighted by molar-refractivity contribution is 5.18. The first-order valence-corrected chi connectivity index (χ1v) is 14.5. The molecule has 1 heterocycles. The van der Waals surface area contributed by atoms with E-state index in [2.05, 4.69) is 34.6 Å². The summed E-state index contributed by atoms with van der Waals surface area (Å²) in [6.07, 6.45) is 13.8. The lowest BCUT2D eigenvalue weighted by molar-refractivity contribution is -0.257. The number of aliphatic hydroxyl groups is 1. The fraction of sp³-hybridized carbons (Fsp3) is 1.00. The van der Waals surface area contributed by atoms with E-state index in [9.17, 15) is 5.11 Å². The summed E-state index contributed by atoms with van der Waals surface area (Å²) < 4.78 is 12.6. The Balaban J connectivity index is 1.34. The molecule has 10 atom stereocenters. The number of hydrogen-bond donors (Lipinski definition) is 1. The molecule has 5 rings (SSSR count). The molecule has 0 unspecified atom stereocenters. The molecule has 3 nitrogen and oxygen atoms in total. The van der Waals surface area contributed by atoms with Gasteiger partial charge in [-0.05, 0) is 106 Å². The second-order valence-electron chi connectivity index (χ2n) is 14.4. The second-order valence-corrected chi connectivity index (χ2v) is 14.4. The van der Waals surface area contributed by atoms with E-state index in [0.29, 0.717) is 11.3 Å². The van der Waals surface area contributed by atoms with Crippen LogP contribution in [0.25, 0.3) is 0 Å². The molecule has 1 aliphatic heterocycles. The molecule has 1 saturated heterocycles. The van der Waals surface area contributed by atoms with Crippen LogP contribution in [-0.4, -0.2) is 28.7 Å². The Bertz CT molecular complexity index is 732. The van der Waals surface area contributed by atoms with E-state index in [1.54, 1.807) is 0 Å². The number of fused-ring (bicyclic) bond motifs is 7. The molecule has 0 radical (unpaired) electrons. The zero-order valence-corrected chi connectivity index (χ0v) is 22.7. The Labute approximate surface area is 203 Å². The predicted molar refractivity (Wildman–Crippen MR) is 134 cm³/mol. The van der Waals surface area contributed by atoms with Gasteiger partial charge in [-0.25, -0.2) is 0 Å². The molecular weight excluding hydrogens is 408 g/mol. The minimum absolute atomic E-state index is 0.0385. The third kappa shape index (κ3) is 3.69. The molecule has 0 aromatic rings. The zero-order valence-electron chi connectivity index (χ0n) is 22.7. The minimum Gasteiger partial charge on any atom is -0.386 e. The number of ether oxygens (including phenoxy) is 2. The molecular formula is C30H52O3. The van der Waals surface area contributed by atoms with E-state index in [1.165, 1.54) is 51.4 Å². The summed E-state index contributed by atoms with van der Waals surface area (Å²) >= 11 is 0. The fourth-order valence-corrected chi connectivity index (χ4v) is 10.3. The predicted octanol–water partition coefficient (Wildman–Crippen LogP) is 7.35. The summed E-state index contributed by atoms with van der Waals surface area (Å²) in [5, 5.41) is 12.3. The minimum atomic E-state index is -0.735. The number of hydrogen-bond acceptors (Lipinski definition) is 3. The summed E-state index contributed by atoms with van der Waals surface area (Å²) in [4.78, 5) is 0. The van der Waals surface area contributed by atoms with Crippen LogP contribution in [0.1, 0.15) is 119 Å². The van der Waals surface area contributed by atoms with Gasteiger partial charge in [0.05, 0.1) is 11.7 Å². The van der Waals surface area contributed by atoms with Crippen molar-refractivity contribution in [1.82, 2.24) is 0 Å². The van der Waals surface area contributed by atoms with E-state index in [-0.39, 0.29) is 17.6 Å². The molecule has 0 aromatic heterocycles. The molecule has 4 aliphatic carbocycles. The van der Waals surface area contributed by atoms with Crippen LogP contribution in [0.3, 0.4) is 0 Å². The maximum Gasteiger partial charge on any atom is 0.163 e. The van der Waals surface area contributed by atoms with E-state index in [4.69, 9.17) is 9.47 Å². The van der Waals surface area contributed by atoms with Gasteiger partial charge in [0.1, 0.15) is 6.10 Å². The van der Waals surface area contributed by atoms with Gasteiger partial charge in [0.15, 0.2) is 5.79 Å². The van der Waals surface area contributed by atoms with Gasteiger partial charge in [0.2, 0.25) is 0 Å². The van der Waals surface area contributed by atoms with E-state index < -0.39 is 11.4 Å². The lowest BCUT2D eigenvalue weighted by Crippen LogP contribution is -2.68. The second kappa shape index (κ2) is 8.20. The van der Waals surface area contributed by atoms with Crippen LogP contribution in [0.15, 0.2) is 0 Å². The highest BCUT2D eigenvalue weighted by Crippen LogP contribution is 2.70. The maximum absolute atomic E-state index is 12.3. The Hall–Kier alpha value is -0.120. The van der Waals surface area contributed by atoms with Crippen LogP contribution in [-0.2, 0) is 9.47 Å². The molecule has 0 amide bonds. The smallest absolute Gasteiger partial charge is 0.163 e. The third-order valence-electron chi connectivity index (χ3n) is 11.9. The highest BCUT2D eigenvalue weighted by Gasteiger charge is 2.69. The van der Waals surface area contributed by atoms with Crippen LogP contribution in [0.2, 0.25) is 0 Å². The van der Waals surface area contributed by atoms with Gasteiger partial charge in [0.25, 0.3) is 0 Å². The molecule has 1 N–H and O–H groups in total. The first kappa shape index (κ1) is 24.6. The first-order valence-electron chi connectivity index (χ1n) is 14.5.